The number of anilines is 2. The summed E-state index contributed by atoms with van der Waals surface area (Å²) in [5.74, 6) is -0.958. The largest absolute Gasteiger partial charge is 0.494 e. The standard InChI is InChI=1S/C45H54N12O7S/c1-6-30-38(65-27(4)48-30)42(61)52-44-50-32-21-29(40(47)59)23-35(64-16-10-13-54-24-45(25-54)11-17-63-18-12-45)37(32)56(44)15-9-8-14-55-36-31(20-28(39(46)58)22-34(36)62-5)49-43(55)51-41(60)33-19-26(3)53-57(33)7-2/h8-9,19-23H,6-7,10-18,24-25H2,1-5H3,(H2,46,58)(H2,47,59)(H,49,51,60)(H,50,52,61)/b9-8+. The molecule has 0 aliphatic carbocycles. The van der Waals surface area contributed by atoms with Gasteiger partial charge in [-0.25, -0.2) is 15.0 Å². The number of carbonyl (C=O) groups excluding carboxylic acids is 4. The van der Waals surface area contributed by atoms with E-state index in [1.165, 1.54) is 24.5 Å². The third kappa shape index (κ3) is 9.32. The Morgan fingerprint density at radius 2 is 1.45 bits per heavy atom. The van der Waals surface area contributed by atoms with Gasteiger partial charge in [-0.1, -0.05) is 19.1 Å². The van der Waals surface area contributed by atoms with Gasteiger partial charge in [-0.3, -0.25) is 34.5 Å². The van der Waals surface area contributed by atoms with Crippen molar-refractivity contribution < 1.29 is 33.4 Å². The highest BCUT2D eigenvalue weighted by Crippen LogP contribution is 2.40. The van der Waals surface area contributed by atoms with E-state index >= 15 is 0 Å². The average molecular weight is 907 g/mol. The van der Waals surface area contributed by atoms with Crippen LogP contribution in [-0.4, -0.2) is 109 Å². The molecular formula is C45H54N12O7S. The van der Waals surface area contributed by atoms with Gasteiger partial charge in [0.25, 0.3) is 11.8 Å². The van der Waals surface area contributed by atoms with E-state index in [4.69, 9.17) is 35.6 Å². The number of ether oxygens (including phenoxy) is 3. The van der Waals surface area contributed by atoms with E-state index in [0.717, 1.165) is 57.1 Å². The Morgan fingerprint density at radius 3 is 2.03 bits per heavy atom. The third-order valence-electron chi connectivity index (χ3n) is 11.9. The number of hydrogen-bond donors (Lipinski definition) is 4. The number of imidazole rings is 2. The summed E-state index contributed by atoms with van der Waals surface area (Å²) >= 11 is 1.30. The Bertz CT molecular complexity index is 2820. The molecule has 0 bridgehead atoms. The highest BCUT2D eigenvalue weighted by molar-refractivity contribution is 7.13. The van der Waals surface area contributed by atoms with Gasteiger partial charge in [0.1, 0.15) is 33.1 Å². The van der Waals surface area contributed by atoms with Gasteiger partial charge in [0, 0.05) is 69.0 Å². The summed E-state index contributed by atoms with van der Waals surface area (Å²) in [6.45, 7) is 13.3. The minimum absolute atomic E-state index is 0.179. The van der Waals surface area contributed by atoms with Crippen molar-refractivity contribution in [2.75, 3.05) is 57.2 Å². The van der Waals surface area contributed by atoms with Crippen molar-refractivity contribution in [2.45, 2.75) is 73.0 Å². The first-order valence-corrected chi connectivity index (χ1v) is 22.6. The van der Waals surface area contributed by atoms with E-state index in [1.54, 1.807) is 33.5 Å². The Labute approximate surface area is 379 Å². The van der Waals surface area contributed by atoms with Gasteiger partial charge >= 0.3 is 0 Å². The molecule has 1 spiro atoms. The Morgan fingerprint density at radius 1 is 0.846 bits per heavy atom. The number of likely N-dealkylation sites (tertiary alicyclic amines) is 1. The van der Waals surface area contributed by atoms with Crippen LogP contribution in [0.25, 0.3) is 22.1 Å². The summed E-state index contributed by atoms with van der Waals surface area (Å²) in [6, 6.07) is 7.98. The molecular weight excluding hydrogens is 853 g/mol. The van der Waals surface area contributed by atoms with Gasteiger partial charge in [0.15, 0.2) is 0 Å². The molecule has 0 atom stereocenters. The van der Waals surface area contributed by atoms with E-state index < -0.39 is 17.7 Å². The third-order valence-corrected chi connectivity index (χ3v) is 12.9. The van der Waals surface area contributed by atoms with Gasteiger partial charge in [0.05, 0.1) is 41.1 Å². The van der Waals surface area contributed by atoms with Gasteiger partial charge in [-0.05, 0) is 76.8 Å². The Kier molecular flexibility index (Phi) is 13.0. The van der Waals surface area contributed by atoms with E-state index in [-0.39, 0.29) is 42.0 Å². The van der Waals surface area contributed by atoms with Crippen molar-refractivity contribution in [1.82, 2.24) is 38.8 Å². The molecule has 2 aliphatic heterocycles. The van der Waals surface area contributed by atoms with E-state index in [9.17, 15) is 19.2 Å². The first kappa shape index (κ1) is 44.9. The van der Waals surface area contributed by atoms with Crippen LogP contribution in [0.2, 0.25) is 0 Å². The molecule has 0 radical (unpaired) electrons. The second kappa shape index (κ2) is 18.8. The molecule has 65 heavy (non-hydrogen) atoms. The van der Waals surface area contributed by atoms with Crippen LogP contribution in [0, 0.1) is 19.3 Å². The van der Waals surface area contributed by atoms with E-state index in [2.05, 4.69) is 25.6 Å². The van der Waals surface area contributed by atoms with Crippen LogP contribution in [0.3, 0.4) is 0 Å². The number of aryl methyl sites for hydroxylation is 4. The first-order chi connectivity index (χ1) is 31.3. The second-order valence-corrected chi connectivity index (χ2v) is 17.7. The lowest BCUT2D eigenvalue weighted by Crippen LogP contribution is -2.58. The van der Waals surface area contributed by atoms with Crippen LogP contribution < -0.4 is 31.6 Å². The summed E-state index contributed by atoms with van der Waals surface area (Å²) in [7, 11) is 1.47. The predicted molar refractivity (Wildman–Crippen MR) is 246 cm³/mol. The summed E-state index contributed by atoms with van der Waals surface area (Å²) in [5, 5.41) is 11.1. The number of fused-ring (bicyclic) bond motifs is 2. The molecule has 6 aromatic rings. The highest BCUT2D eigenvalue weighted by Gasteiger charge is 2.43. The monoisotopic (exact) mass is 906 g/mol. The number of thiazole rings is 1. The Hall–Kier alpha value is -6.64. The van der Waals surface area contributed by atoms with E-state index in [1.807, 2.05) is 44.4 Å². The van der Waals surface area contributed by atoms with Gasteiger partial charge in [-0.2, -0.15) is 5.10 Å². The maximum Gasteiger partial charge on any atom is 0.276 e. The quantitative estimate of drug-likeness (QED) is 0.0652. The summed E-state index contributed by atoms with van der Waals surface area (Å²) in [5.41, 5.74) is 15.8. The number of hydrogen-bond acceptors (Lipinski definition) is 13. The topological polar surface area (TPSA) is 242 Å². The molecule has 2 saturated heterocycles. The number of amides is 4. The minimum atomic E-state index is -0.662. The van der Waals surface area contributed by atoms with Crippen molar-refractivity contribution in [1.29, 1.82) is 0 Å². The lowest BCUT2D eigenvalue weighted by molar-refractivity contribution is -0.0811. The van der Waals surface area contributed by atoms with Crippen LogP contribution in [0.4, 0.5) is 11.9 Å². The van der Waals surface area contributed by atoms with E-state index in [0.29, 0.717) is 80.5 Å². The summed E-state index contributed by atoms with van der Waals surface area (Å²) in [4.78, 5) is 69.5. The summed E-state index contributed by atoms with van der Waals surface area (Å²) in [6.07, 6.45) is 7.25. The number of allylic oxidation sites excluding steroid dienone is 2. The number of methoxy groups -OCH3 is 1. The lowest BCUT2D eigenvalue weighted by Gasteiger charge is -2.52. The Balaban J connectivity index is 1.12. The fraction of sp³-hybridized carbons (Fsp3) is 0.422. The molecule has 342 valence electrons. The molecule has 6 heterocycles. The van der Waals surface area contributed by atoms with Crippen LogP contribution in [-0.2, 0) is 30.8 Å². The molecule has 20 heteroatoms. The fourth-order valence-electron chi connectivity index (χ4n) is 8.75. The van der Waals surface area contributed by atoms with Gasteiger partial charge in [0.2, 0.25) is 23.7 Å². The minimum Gasteiger partial charge on any atom is -0.494 e. The van der Waals surface area contributed by atoms with Crippen molar-refractivity contribution in [3.63, 3.8) is 0 Å². The number of benzene rings is 2. The predicted octanol–water partition coefficient (Wildman–Crippen LogP) is 5.09. The summed E-state index contributed by atoms with van der Waals surface area (Å²) < 4.78 is 22.9. The SMILES string of the molecule is CCc1nc(C)sc1C(=O)Nc1nc2cc(C(N)=O)cc(OCCCN3CC4(CCOCC4)C3)c2n1C/C=C/Cn1c(NC(=O)c2cc(C)nn2CC)nc2cc(C(N)=O)cc(OC)c21. The fourth-order valence-corrected chi connectivity index (χ4v) is 9.65. The number of primary amides is 2. The number of carbonyl (C=O) groups is 4. The van der Waals surface area contributed by atoms with Crippen molar-refractivity contribution >= 4 is 68.9 Å². The van der Waals surface area contributed by atoms with Crippen LogP contribution in [0.5, 0.6) is 11.5 Å². The van der Waals surface area contributed by atoms with Crippen molar-refractivity contribution in [3.8, 4) is 11.5 Å². The van der Waals surface area contributed by atoms with Gasteiger partial charge in [-0.15, -0.1) is 11.3 Å². The molecule has 4 aromatic heterocycles. The molecule has 4 amide bonds. The smallest absolute Gasteiger partial charge is 0.276 e. The molecule has 0 unspecified atom stereocenters. The number of nitrogens with one attached hydrogen (secondary N) is 2. The maximum absolute atomic E-state index is 13.9. The molecule has 6 N–H and O–H groups in total. The van der Waals surface area contributed by atoms with Crippen molar-refractivity contribution in [2.24, 2.45) is 16.9 Å². The molecule has 0 saturated carbocycles. The molecule has 8 rings (SSSR count). The zero-order valence-corrected chi connectivity index (χ0v) is 38.0. The van der Waals surface area contributed by atoms with Crippen molar-refractivity contribution in [3.05, 3.63) is 80.6 Å². The number of nitrogens with two attached hydrogens (primary N) is 2. The first-order valence-electron chi connectivity index (χ1n) is 21.7. The molecule has 2 fully saturated rings. The maximum atomic E-state index is 13.9. The second-order valence-electron chi connectivity index (χ2n) is 16.5. The highest BCUT2D eigenvalue weighted by atomic mass is 32.1. The van der Waals surface area contributed by atoms with Crippen LogP contribution in [0.1, 0.15) is 90.4 Å². The lowest BCUT2D eigenvalue weighted by atomic mass is 9.73. The number of rotatable bonds is 18. The number of aromatic nitrogens is 7. The number of nitrogens with zero attached hydrogens (tertiary/aromatic N) is 8. The average Bonchev–Trinajstić information content (AvgIpc) is 4.05. The molecule has 2 aromatic carbocycles. The van der Waals surface area contributed by atoms with Crippen LogP contribution >= 0.6 is 11.3 Å². The molecule has 2 aliphatic rings. The zero-order valence-electron chi connectivity index (χ0n) is 37.2. The van der Waals surface area contributed by atoms with Crippen LogP contribution in [0.15, 0.2) is 42.5 Å². The zero-order chi connectivity index (χ0) is 46.0. The van der Waals surface area contributed by atoms with Gasteiger partial charge < -0.3 is 39.7 Å². The molecule has 19 nitrogen and oxygen atoms in total. The normalized spacial score (nSPS) is 14.9.